The third-order valence-corrected chi connectivity index (χ3v) is 4.38. The maximum Gasteiger partial charge on any atom is 0.194 e. The van der Waals surface area contributed by atoms with Crippen LogP contribution in [0.3, 0.4) is 0 Å². The first-order valence-corrected chi connectivity index (χ1v) is 8.30. The molecule has 0 N–H and O–H groups in total. The fraction of sp³-hybridized carbons (Fsp3) is 0.222. The topological polar surface area (TPSA) is 43.6 Å². The molecule has 3 rings (SSSR count). The van der Waals surface area contributed by atoms with E-state index in [1.54, 1.807) is 29.5 Å². The molecule has 0 saturated carbocycles. The van der Waals surface area contributed by atoms with E-state index in [9.17, 15) is 4.79 Å². The van der Waals surface area contributed by atoms with Gasteiger partial charge in [0.05, 0.1) is 18.0 Å². The Bertz CT molecular complexity index is 890. The number of rotatable bonds is 5. The molecule has 2 heterocycles. The molecule has 2 aromatic heterocycles. The molecule has 0 saturated heterocycles. The van der Waals surface area contributed by atoms with Gasteiger partial charge < -0.3 is 4.74 Å². The smallest absolute Gasteiger partial charge is 0.194 e. The minimum atomic E-state index is -0.0483. The molecule has 0 radical (unpaired) electrons. The minimum Gasteiger partial charge on any atom is -0.494 e. The Morgan fingerprint density at radius 2 is 2.22 bits per heavy atom. The van der Waals surface area contributed by atoms with Crippen LogP contribution in [0.1, 0.15) is 33.5 Å². The molecule has 0 aliphatic rings. The first-order chi connectivity index (χ1) is 11.1. The Morgan fingerprint density at radius 3 is 3.00 bits per heavy atom. The molecule has 3 aromatic rings. The molecule has 0 spiro atoms. The number of ketones is 1. The number of ether oxygens (including phenoxy) is 1. The predicted octanol–water partition coefficient (Wildman–Crippen LogP) is 4.31. The molecule has 5 heteroatoms. The van der Waals surface area contributed by atoms with Crippen LogP contribution in [0.25, 0.3) is 11.0 Å². The SMILES string of the molecule is CCOc1cccc(C(=O)/C=C/c2c(C)nc3sc(C)cn23)c1. The van der Waals surface area contributed by atoms with Gasteiger partial charge in [-0.1, -0.05) is 12.1 Å². The molecule has 0 bridgehead atoms. The number of nitrogens with zero attached hydrogens (tertiary/aromatic N) is 2. The van der Waals surface area contributed by atoms with Gasteiger partial charge in [-0.2, -0.15) is 0 Å². The Labute approximate surface area is 139 Å². The summed E-state index contributed by atoms with van der Waals surface area (Å²) in [7, 11) is 0. The zero-order valence-electron chi connectivity index (χ0n) is 13.4. The number of aryl methyl sites for hydroxylation is 2. The van der Waals surface area contributed by atoms with E-state index in [1.165, 1.54) is 4.88 Å². The van der Waals surface area contributed by atoms with Gasteiger partial charge in [-0.25, -0.2) is 4.98 Å². The Kier molecular flexibility index (Phi) is 4.30. The summed E-state index contributed by atoms with van der Waals surface area (Å²) in [5.41, 5.74) is 2.48. The summed E-state index contributed by atoms with van der Waals surface area (Å²) in [5.74, 6) is 0.663. The van der Waals surface area contributed by atoms with Crippen LogP contribution >= 0.6 is 11.3 Å². The van der Waals surface area contributed by atoms with Crippen LogP contribution in [-0.4, -0.2) is 21.8 Å². The lowest BCUT2D eigenvalue weighted by molar-refractivity contribution is 0.104. The van der Waals surface area contributed by atoms with Gasteiger partial charge in [0.1, 0.15) is 5.75 Å². The number of carbonyl (C=O) groups excluding carboxylic acids is 1. The predicted molar refractivity (Wildman–Crippen MR) is 93.5 cm³/mol. The van der Waals surface area contributed by atoms with Gasteiger partial charge in [-0.05, 0) is 45.1 Å². The van der Waals surface area contributed by atoms with Crippen molar-refractivity contribution < 1.29 is 9.53 Å². The van der Waals surface area contributed by atoms with E-state index in [-0.39, 0.29) is 5.78 Å². The van der Waals surface area contributed by atoms with E-state index in [4.69, 9.17) is 4.74 Å². The van der Waals surface area contributed by atoms with Crippen LogP contribution in [-0.2, 0) is 0 Å². The van der Waals surface area contributed by atoms with Crippen LogP contribution in [0.4, 0.5) is 0 Å². The van der Waals surface area contributed by atoms with Crippen molar-refractivity contribution in [2.75, 3.05) is 6.61 Å². The first-order valence-electron chi connectivity index (χ1n) is 7.49. The number of imidazole rings is 1. The number of hydrogen-bond donors (Lipinski definition) is 0. The Hall–Kier alpha value is -2.40. The maximum atomic E-state index is 12.4. The highest BCUT2D eigenvalue weighted by Gasteiger charge is 2.09. The van der Waals surface area contributed by atoms with Crippen molar-refractivity contribution in [2.45, 2.75) is 20.8 Å². The summed E-state index contributed by atoms with van der Waals surface area (Å²) in [6.45, 7) is 6.50. The molecule has 0 amide bonds. The molecule has 23 heavy (non-hydrogen) atoms. The number of benzene rings is 1. The van der Waals surface area contributed by atoms with Gasteiger partial charge in [0, 0.05) is 16.6 Å². The summed E-state index contributed by atoms with van der Waals surface area (Å²) in [4.78, 5) is 19.0. The quantitative estimate of drug-likeness (QED) is 0.518. The number of hydrogen-bond acceptors (Lipinski definition) is 4. The molecule has 0 fully saturated rings. The average molecular weight is 326 g/mol. The molecule has 0 atom stereocenters. The normalized spacial score (nSPS) is 11.4. The molecule has 4 nitrogen and oxygen atoms in total. The summed E-state index contributed by atoms with van der Waals surface area (Å²) in [6, 6.07) is 7.24. The zero-order valence-corrected chi connectivity index (χ0v) is 14.2. The number of fused-ring (bicyclic) bond motifs is 1. The average Bonchev–Trinajstić information content (AvgIpc) is 3.00. The molecule has 118 valence electrons. The van der Waals surface area contributed by atoms with Gasteiger partial charge >= 0.3 is 0 Å². The number of thiazole rings is 1. The monoisotopic (exact) mass is 326 g/mol. The van der Waals surface area contributed by atoms with Crippen molar-refractivity contribution in [1.82, 2.24) is 9.38 Å². The van der Waals surface area contributed by atoms with Gasteiger partial charge in [-0.15, -0.1) is 11.3 Å². The minimum absolute atomic E-state index is 0.0483. The first kappa shape index (κ1) is 15.5. The van der Waals surface area contributed by atoms with E-state index in [2.05, 4.69) is 4.98 Å². The summed E-state index contributed by atoms with van der Waals surface area (Å²) in [5, 5.41) is 0. The number of allylic oxidation sites excluding steroid dienone is 1. The van der Waals surface area contributed by atoms with Crippen molar-refractivity contribution in [2.24, 2.45) is 0 Å². The molecule has 1 aromatic carbocycles. The second-order valence-electron chi connectivity index (χ2n) is 5.24. The fourth-order valence-corrected chi connectivity index (χ4v) is 3.32. The lowest BCUT2D eigenvalue weighted by Gasteiger charge is -2.03. The molecule has 0 unspecified atom stereocenters. The van der Waals surface area contributed by atoms with E-state index < -0.39 is 0 Å². The summed E-state index contributed by atoms with van der Waals surface area (Å²) < 4.78 is 7.46. The van der Waals surface area contributed by atoms with Crippen LogP contribution in [0.15, 0.2) is 36.5 Å². The molecule has 0 aliphatic heterocycles. The lowest BCUT2D eigenvalue weighted by Crippen LogP contribution is -1.97. The third kappa shape index (κ3) is 3.19. The second-order valence-corrected chi connectivity index (χ2v) is 6.45. The highest BCUT2D eigenvalue weighted by atomic mass is 32.1. The summed E-state index contributed by atoms with van der Waals surface area (Å²) in [6.07, 6.45) is 5.46. The molecular formula is C18H18N2O2S. The van der Waals surface area contributed by atoms with E-state index >= 15 is 0 Å². The van der Waals surface area contributed by atoms with Crippen LogP contribution in [0.5, 0.6) is 5.75 Å². The maximum absolute atomic E-state index is 12.4. The van der Waals surface area contributed by atoms with Crippen molar-refractivity contribution in [1.29, 1.82) is 0 Å². The summed E-state index contributed by atoms with van der Waals surface area (Å²) >= 11 is 1.64. The zero-order chi connectivity index (χ0) is 16.4. The molecular weight excluding hydrogens is 308 g/mol. The van der Waals surface area contributed by atoms with E-state index in [0.717, 1.165) is 16.3 Å². The standard InChI is InChI=1S/C18H18N2O2S/c1-4-22-15-7-5-6-14(10-15)17(21)9-8-16-13(3)19-18-20(16)11-12(2)23-18/h5-11H,4H2,1-3H3/b9-8+. The van der Waals surface area contributed by atoms with Crippen LogP contribution in [0.2, 0.25) is 0 Å². The van der Waals surface area contributed by atoms with Gasteiger partial charge in [-0.3, -0.25) is 9.20 Å². The van der Waals surface area contributed by atoms with Gasteiger partial charge in [0.25, 0.3) is 0 Å². The van der Waals surface area contributed by atoms with E-state index in [1.807, 2.05) is 49.6 Å². The van der Waals surface area contributed by atoms with E-state index in [0.29, 0.717) is 17.9 Å². The van der Waals surface area contributed by atoms with Crippen LogP contribution in [0, 0.1) is 13.8 Å². The van der Waals surface area contributed by atoms with Crippen molar-refractivity contribution >= 4 is 28.2 Å². The van der Waals surface area contributed by atoms with Crippen LogP contribution < -0.4 is 4.74 Å². The van der Waals surface area contributed by atoms with Crippen molar-refractivity contribution in [3.63, 3.8) is 0 Å². The molecule has 0 aliphatic carbocycles. The van der Waals surface area contributed by atoms with Gasteiger partial charge in [0.15, 0.2) is 10.7 Å². The number of aromatic nitrogens is 2. The second kappa shape index (κ2) is 6.38. The highest BCUT2D eigenvalue weighted by molar-refractivity contribution is 7.17. The number of carbonyl (C=O) groups is 1. The Balaban J connectivity index is 1.87. The van der Waals surface area contributed by atoms with Crippen molar-refractivity contribution in [3.8, 4) is 5.75 Å². The lowest BCUT2D eigenvalue weighted by atomic mass is 10.1. The third-order valence-electron chi connectivity index (χ3n) is 3.48. The fourth-order valence-electron chi connectivity index (χ4n) is 2.44. The van der Waals surface area contributed by atoms with Crippen molar-refractivity contribution in [3.05, 3.63) is 58.4 Å². The highest BCUT2D eigenvalue weighted by Crippen LogP contribution is 2.22. The largest absolute Gasteiger partial charge is 0.494 e. The Morgan fingerprint density at radius 1 is 1.39 bits per heavy atom. The van der Waals surface area contributed by atoms with Gasteiger partial charge in [0.2, 0.25) is 0 Å².